The molecule has 0 unspecified atom stereocenters. The van der Waals surface area contributed by atoms with Crippen LogP contribution in [-0.2, 0) is 11.3 Å². The summed E-state index contributed by atoms with van der Waals surface area (Å²) < 4.78 is 8.59. The number of hydrogen-bond acceptors (Lipinski definition) is 7. The van der Waals surface area contributed by atoms with Crippen molar-refractivity contribution < 1.29 is 14.3 Å². The van der Waals surface area contributed by atoms with Gasteiger partial charge < -0.3 is 19.9 Å². The molecule has 0 spiro atoms. The number of nitrogens with one attached hydrogen (secondary N) is 2. The summed E-state index contributed by atoms with van der Waals surface area (Å²) in [5.74, 6) is 0.209. The zero-order valence-electron chi connectivity index (χ0n) is 21.5. The zero-order valence-corrected chi connectivity index (χ0v) is 22.3. The Morgan fingerprint density at radius 3 is 2.62 bits per heavy atom. The number of hydrogen-bond donors (Lipinski definition) is 2. The Bertz CT molecular complexity index is 1310. The molecule has 0 bridgehead atoms. The number of carbonyl (C=O) groups excluding carboxylic acids is 2. The quantitative estimate of drug-likeness (QED) is 0.431. The maximum absolute atomic E-state index is 13.6. The molecular weight excluding hydrogens is 492 g/mol. The van der Waals surface area contributed by atoms with E-state index >= 15 is 0 Å². The fraction of sp³-hybridized carbons (Fsp3) is 0.423. The third-order valence-electron chi connectivity index (χ3n) is 5.73. The molecule has 1 aromatic carbocycles. The Morgan fingerprint density at radius 1 is 1.22 bits per heavy atom. The van der Waals surface area contributed by atoms with Gasteiger partial charge in [-0.1, -0.05) is 25.5 Å². The van der Waals surface area contributed by atoms with E-state index in [1.54, 1.807) is 38.0 Å². The second kappa shape index (κ2) is 11.2. The molecule has 11 heteroatoms. The number of rotatable bonds is 8. The molecule has 2 N–H and O–H groups in total. The van der Waals surface area contributed by atoms with Crippen LogP contribution in [0.15, 0.2) is 52.8 Å². The van der Waals surface area contributed by atoms with Crippen LogP contribution in [-0.4, -0.2) is 49.2 Å². The first-order chi connectivity index (χ1) is 17.7. The van der Waals surface area contributed by atoms with Crippen LogP contribution in [0.2, 0.25) is 0 Å². The van der Waals surface area contributed by atoms with Gasteiger partial charge in [-0.3, -0.25) is 9.59 Å². The van der Waals surface area contributed by atoms with E-state index in [0.717, 1.165) is 24.1 Å². The van der Waals surface area contributed by atoms with Crippen molar-refractivity contribution in [3.8, 4) is 5.69 Å². The fourth-order valence-corrected chi connectivity index (χ4v) is 5.26. The van der Waals surface area contributed by atoms with Gasteiger partial charge in [-0.25, -0.2) is 14.5 Å². The predicted octanol–water partition coefficient (Wildman–Crippen LogP) is 3.68. The Balaban J connectivity index is 1.66. The molecule has 1 atom stereocenters. The average Bonchev–Trinajstić information content (AvgIpc) is 3.51. The van der Waals surface area contributed by atoms with Gasteiger partial charge in [0.25, 0.3) is 11.5 Å². The highest BCUT2D eigenvalue weighted by atomic mass is 32.2. The SMILES string of the molecule is CCCCNC(=O)c1cn(Cc2ccc(-n3cncn3)cc2)c(=O)c2c1SC[C@@H]2NC(=O)OC(C)(C)C. The average molecular weight is 525 g/mol. The number of thioether (sulfide) groups is 1. The first-order valence-corrected chi connectivity index (χ1v) is 13.3. The van der Waals surface area contributed by atoms with Crippen molar-refractivity contribution in [2.24, 2.45) is 0 Å². The van der Waals surface area contributed by atoms with Gasteiger partial charge in [-0.05, 0) is 44.9 Å². The van der Waals surface area contributed by atoms with Crippen molar-refractivity contribution in [1.29, 1.82) is 0 Å². The van der Waals surface area contributed by atoms with Gasteiger partial charge in [0.1, 0.15) is 18.3 Å². The maximum Gasteiger partial charge on any atom is 0.408 e. The Labute approximate surface area is 219 Å². The maximum atomic E-state index is 13.6. The van der Waals surface area contributed by atoms with Crippen molar-refractivity contribution >= 4 is 23.8 Å². The second-order valence-electron chi connectivity index (χ2n) is 9.84. The molecule has 2 amide bonds. The van der Waals surface area contributed by atoms with E-state index in [-0.39, 0.29) is 18.0 Å². The fourth-order valence-electron chi connectivity index (χ4n) is 3.99. The molecule has 0 fully saturated rings. The molecule has 0 aliphatic carbocycles. The van der Waals surface area contributed by atoms with Crippen molar-refractivity contribution in [2.75, 3.05) is 12.3 Å². The lowest BCUT2D eigenvalue weighted by atomic mass is 10.1. The van der Waals surface area contributed by atoms with E-state index < -0.39 is 17.7 Å². The molecule has 0 saturated heterocycles. The van der Waals surface area contributed by atoms with Gasteiger partial charge in [0, 0.05) is 23.4 Å². The number of pyridine rings is 1. The Morgan fingerprint density at radius 2 is 1.97 bits per heavy atom. The van der Waals surface area contributed by atoms with Gasteiger partial charge >= 0.3 is 6.09 Å². The van der Waals surface area contributed by atoms with Crippen LogP contribution in [0.5, 0.6) is 0 Å². The van der Waals surface area contributed by atoms with E-state index in [9.17, 15) is 14.4 Å². The number of ether oxygens (including phenoxy) is 1. The largest absolute Gasteiger partial charge is 0.444 e. The number of alkyl carbamates (subject to hydrolysis) is 1. The van der Waals surface area contributed by atoms with Gasteiger partial charge in [-0.2, -0.15) is 5.10 Å². The number of nitrogens with zero attached hydrogens (tertiary/aromatic N) is 4. The van der Waals surface area contributed by atoms with E-state index in [2.05, 4.69) is 27.6 Å². The number of unbranched alkanes of at least 4 members (excludes halogenated alkanes) is 1. The topological polar surface area (TPSA) is 120 Å². The molecular formula is C26H32N6O4S. The lowest BCUT2D eigenvalue weighted by Gasteiger charge is -2.22. The van der Waals surface area contributed by atoms with Crippen molar-refractivity contribution in [3.05, 3.63) is 70.2 Å². The minimum atomic E-state index is -0.668. The summed E-state index contributed by atoms with van der Waals surface area (Å²) in [5.41, 5.74) is 1.66. The Kier molecular flexibility index (Phi) is 8.01. The van der Waals surface area contributed by atoms with Crippen molar-refractivity contribution in [2.45, 2.75) is 63.6 Å². The van der Waals surface area contributed by atoms with Gasteiger partial charge in [0.05, 0.1) is 29.4 Å². The summed E-state index contributed by atoms with van der Waals surface area (Å²) in [6.07, 6.45) is 5.92. The van der Waals surface area contributed by atoms with E-state index in [4.69, 9.17) is 4.74 Å². The highest BCUT2D eigenvalue weighted by Gasteiger charge is 2.34. The monoisotopic (exact) mass is 524 g/mol. The molecule has 4 rings (SSSR count). The molecule has 0 saturated carbocycles. The predicted molar refractivity (Wildman–Crippen MR) is 141 cm³/mol. The summed E-state index contributed by atoms with van der Waals surface area (Å²) in [5, 5.41) is 9.91. The van der Waals surface area contributed by atoms with Crippen molar-refractivity contribution in [1.82, 2.24) is 30.0 Å². The molecule has 3 aromatic rings. The number of benzene rings is 1. The van der Waals surface area contributed by atoms with E-state index in [0.29, 0.717) is 28.3 Å². The first-order valence-electron chi connectivity index (χ1n) is 12.3. The van der Waals surface area contributed by atoms with E-state index in [1.807, 2.05) is 24.3 Å². The number of carbonyl (C=O) groups is 2. The lowest BCUT2D eigenvalue weighted by molar-refractivity contribution is 0.0508. The molecule has 196 valence electrons. The van der Waals surface area contributed by atoms with E-state index in [1.165, 1.54) is 22.7 Å². The van der Waals surface area contributed by atoms with Crippen LogP contribution in [0.25, 0.3) is 5.69 Å². The molecule has 37 heavy (non-hydrogen) atoms. The number of amides is 2. The molecule has 1 aliphatic rings. The third-order valence-corrected chi connectivity index (χ3v) is 6.96. The Hall–Kier alpha value is -3.60. The third kappa shape index (κ3) is 6.40. The molecule has 10 nitrogen and oxygen atoms in total. The second-order valence-corrected chi connectivity index (χ2v) is 10.9. The van der Waals surface area contributed by atoms with Crippen LogP contribution in [0.1, 0.15) is 68.1 Å². The van der Waals surface area contributed by atoms with Gasteiger partial charge in [-0.15, -0.1) is 11.8 Å². The smallest absolute Gasteiger partial charge is 0.408 e. The molecule has 1 aliphatic heterocycles. The minimum absolute atomic E-state index is 0.231. The summed E-state index contributed by atoms with van der Waals surface area (Å²) in [6, 6.07) is 7.03. The van der Waals surface area contributed by atoms with Gasteiger partial charge in [0.15, 0.2) is 0 Å². The van der Waals surface area contributed by atoms with Crippen LogP contribution < -0.4 is 16.2 Å². The molecule has 3 heterocycles. The summed E-state index contributed by atoms with van der Waals surface area (Å²) in [4.78, 5) is 43.8. The standard InChI is InChI=1S/C26H32N6O4S/c1-5-6-11-28-23(33)19-13-31(12-17-7-9-18(10-8-17)32-16-27-15-29-32)24(34)21-20(14-37-22(19)21)30-25(35)36-26(2,3)4/h7-10,13,15-16,20H,5-6,11-12,14H2,1-4H3,(H,28,33)(H,30,35)/t20-/m0/s1. The molecule has 2 aromatic heterocycles. The summed E-state index contributed by atoms with van der Waals surface area (Å²) in [6.45, 7) is 8.22. The van der Waals surface area contributed by atoms with Gasteiger partial charge in [0.2, 0.25) is 0 Å². The first kappa shape index (κ1) is 26.5. The highest BCUT2D eigenvalue weighted by molar-refractivity contribution is 7.99. The minimum Gasteiger partial charge on any atom is -0.444 e. The normalized spacial score (nSPS) is 14.8. The van der Waals surface area contributed by atoms with Crippen LogP contribution in [0.4, 0.5) is 4.79 Å². The van der Waals surface area contributed by atoms with Crippen LogP contribution in [0.3, 0.4) is 0 Å². The lowest BCUT2D eigenvalue weighted by Crippen LogP contribution is -2.38. The number of fused-ring (bicyclic) bond motifs is 1. The van der Waals surface area contributed by atoms with Crippen molar-refractivity contribution in [3.63, 3.8) is 0 Å². The highest BCUT2D eigenvalue weighted by Crippen LogP contribution is 2.38. The zero-order chi connectivity index (χ0) is 26.6. The summed E-state index contributed by atoms with van der Waals surface area (Å²) in [7, 11) is 0. The molecule has 0 radical (unpaired) electrons. The summed E-state index contributed by atoms with van der Waals surface area (Å²) >= 11 is 1.40. The van der Waals surface area contributed by atoms with Crippen LogP contribution in [0, 0.1) is 0 Å². The van der Waals surface area contributed by atoms with Crippen LogP contribution >= 0.6 is 11.8 Å². The number of aromatic nitrogens is 4.